The van der Waals surface area contributed by atoms with E-state index in [4.69, 9.17) is 0 Å². The minimum absolute atomic E-state index is 0.284. The van der Waals surface area contributed by atoms with E-state index in [1.807, 2.05) is 0 Å². The molecule has 0 amide bonds. The number of isocyanates is 1. The predicted molar refractivity (Wildman–Crippen MR) is 50.4 cm³/mol. The third kappa shape index (κ3) is 2.08. The van der Waals surface area contributed by atoms with Crippen molar-refractivity contribution in [3.05, 3.63) is 35.1 Å². The lowest BCUT2D eigenvalue weighted by Crippen LogP contribution is -2.15. The van der Waals surface area contributed by atoms with Gasteiger partial charge in [-0.15, -0.1) is 0 Å². The van der Waals surface area contributed by atoms with Crippen LogP contribution in [0.4, 0.5) is 17.6 Å². The van der Waals surface area contributed by atoms with Crippen molar-refractivity contribution < 1.29 is 22.4 Å². The standard InChI is InChI=1S/C11H7F4NO/c12-7-1-2-8(11(13,14)15)9(5-7)10(3-4-10)16-6-17/h1-2,5H,3-4H2. The minimum Gasteiger partial charge on any atom is -0.211 e. The molecular weight excluding hydrogens is 238 g/mol. The fourth-order valence-corrected chi connectivity index (χ4v) is 1.80. The van der Waals surface area contributed by atoms with E-state index in [1.165, 1.54) is 6.08 Å². The Bertz CT molecular complexity index is 499. The van der Waals surface area contributed by atoms with E-state index in [2.05, 4.69) is 4.99 Å². The van der Waals surface area contributed by atoms with Crippen molar-refractivity contribution in [1.29, 1.82) is 0 Å². The number of halogens is 4. The Morgan fingerprint density at radius 3 is 2.41 bits per heavy atom. The maximum atomic E-state index is 13.0. The Hall–Kier alpha value is -1.68. The first-order valence-corrected chi connectivity index (χ1v) is 4.85. The zero-order valence-electron chi connectivity index (χ0n) is 8.51. The molecule has 0 aliphatic heterocycles. The van der Waals surface area contributed by atoms with E-state index in [0.717, 1.165) is 12.1 Å². The summed E-state index contributed by atoms with van der Waals surface area (Å²) in [7, 11) is 0. The molecule has 1 aliphatic carbocycles. The number of benzene rings is 1. The third-order valence-electron chi connectivity index (χ3n) is 2.77. The normalized spacial score (nSPS) is 17.4. The summed E-state index contributed by atoms with van der Waals surface area (Å²) in [5.41, 5.74) is -2.46. The van der Waals surface area contributed by atoms with Gasteiger partial charge in [0.2, 0.25) is 6.08 Å². The SMILES string of the molecule is O=C=NC1(c2cc(F)ccc2C(F)(F)F)CC1. The van der Waals surface area contributed by atoms with Gasteiger partial charge in [0, 0.05) is 0 Å². The Morgan fingerprint density at radius 1 is 1.29 bits per heavy atom. The third-order valence-corrected chi connectivity index (χ3v) is 2.77. The highest BCUT2D eigenvalue weighted by Crippen LogP contribution is 2.52. The molecule has 0 N–H and O–H groups in total. The number of hydrogen-bond acceptors (Lipinski definition) is 2. The summed E-state index contributed by atoms with van der Waals surface area (Å²) >= 11 is 0. The number of hydrogen-bond donors (Lipinski definition) is 0. The Labute approximate surface area is 94.0 Å². The molecule has 6 heteroatoms. The van der Waals surface area contributed by atoms with E-state index in [1.54, 1.807) is 0 Å². The van der Waals surface area contributed by atoms with Gasteiger partial charge < -0.3 is 0 Å². The molecule has 0 atom stereocenters. The van der Waals surface area contributed by atoms with Crippen molar-refractivity contribution in [2.24, 2.45) is 4.99 Å². The first kappa shape index (κ1) is 11.8. The van der Waals surface area contributed by atoms with Crippen LogP contribution < -0.4 is 0 Å². The second-order valence-corrected chi connectivity index (χ2v) is 3.92. The van der Waals surface area contributed by atoms with Gasteiger partial charge in [-0.3, -0.25) is 0 Å². The molecule has 17 heavy (non-hydrogen) atoms. The van der Waals surface area contributed by atoms with Crippen LogP contribution in [0.3, 0.4) is 0 Å². The summed E-state index contributed by atoms with van der Waals surface area (Å²) < 4.78 is 51.2. The molecule has 0 bridgehead atoms. The summed E-state index contributed by atoms with van der Waals surface area (Å²) in [6.45, 7) is 0. The molecule has 0 heterocycles. The molecule has 0 spiro atoms. The van der Waals surface area contributed by atoms with Gasteiger partial charge in [-0.1, -0.05) is 0 Å². The van der Waals surface area contributed by atoms with Crippen LogP contribution in [-0.4, -0.2) is 6.08 Å². The Morgan fingerprint density at radius 2 is 1.94 bits per heavy atom. The second kappa shape index (κ2) is 3.67. The van der Waals surface area contributed by atoms with Gasteiger partial charge in [0.25, 0.3) is 0 Å². The molecule has 1 fully saturated rings. The number of nitrogens with zero attached hydrogens (tertiary/aromatic N) is 1. The number of rotatable bonds is 2. The maximum Gasteiger partial charge on any atom is 0.416 e. The summed E-state index contributed by atoms with van der Waals surface area (Å²) in [6.07, 6.45) is -2.73. The summed E-state index contributed by atoms with van der Waals surface area (Å²) in [5, 5.41) is 0. The zero-order chi connectivity index (χ0) is 12.7. The number of alkyl halides is 3. The van der Waals surface area contributed by atoms with Crippen LogP contribution in [-0.2, 0) is 16.5 Å². The largest absolute Gasteiger partial charge is 0.416 e. The van der Waals surface area contributed by atoms with E-state index in [0.29, 0.717) is 18.9 Å². The van der Waals surface area contributed by atoms with Crippen molar-refractivity contribution in [1.82, 2.24) is 0 Å². The average Bonchev–Trinajstić information content (AvgIpc) is 2.97. The number of aliphatic imine (C=N–C) groups is 1. The maximum absolute atomic E-state index is 13.0. The topological polar surface area (TPSA) is 29.4 Å². The van der Waals surface area contributed by atoms with Crippen molar-refractivity contribution in [3.8, 4) is 0 Å². The van der Waals surface area contributed by atoms with E-state index >= 15 is 0 Å². The monoisotopic (exact) mass is 245 g/mol. The summed E-state index contributed by atoms with van der Waals surface area (Å²) in [6, 6.07) is 2.20. The molecule has 2 rings (SSSR count). The highest BCUT2D eigenvalue weighted by atomic mass is 19.4. The average molecular weight is 245 g/mol. The number of carbonyl (C=O) groups excluding carboxylic acids is 1. The van der Waals surface area contributed by atoms with Crippen LogP contribution in [0.1, 0.15) is 24.0 Å². The van der Waals surface area contributed by atoms with Crippen LogP contribution in [0.5, 0.6) is 0 Å². The Kier molecular flexibility index (Phi) is 2.54. The first-order chi connectivity index (χ1) is 7.89. The summed E-state index contributed by atoms with van der Waals surface area (Å²) in [4.78, 5) is 13.6. The van der Waals surface area contributed by atoms with Gasteiger partial charge in [0.1, 0.15) is 5.82 Å². The summed E-state index contributed by atoms with van der Waals surface area (Å²) in [5.74, 6) is -0.777. The molecule has 1 saturated carbocycles. The van der Waals surface area contributed by atoms with Gasteiger partial charge in [0.05, 0.1) is 11.1 Å². The van der Waals surface area contributed by atoms with Crippen molar-refractivity contribution in [3.63, 3.8) is 0 Å². The van der Waals surface area contributed by atoms with Crippen LogP contribution in [0, 0.1) is 5.82 Å². The molecule has 90 valence electrons. The molecule has 1 aliphatic rings. The quantitative estimate of drug-likeness (QED) is 0.447. The van der Waals surface area contributed by atoms with E-state index in [-0.39, 0.29) is 5.56 Å². The van der Waals surface area contributed by atoms with Crippen LogP contribution in [0.25, 0.3) is 0 Å². The van der Waals surface area contributed by atoms with E-state index < -0.39 is 23.1 Å². The molecular formula is C11H7F4NO. The second-order valence-electron chi connectivity index (χ2n) is 3.92. The molecule has 1 aromatic carbocycles. The van der Waals surface area contributed by atoms with Gasteiger partial charge >= 0.3 is 6.18 Å². The van der Waals surface area contributed by atoms with Crippen LogP contribution in [0.2, 0.25) is 0 Å². The molecule has 2 nitrogen and oxygen atoms in total. The van der Waals surface area contributed by atoms with Crippen LogP contribution >= 0.6 is 0 Å². The van der Waals surface area contributed by atoms with Gasteiger partial charge in [-0.25, -0.2) is 9.18 Å². The molecule has 0 radical (unpaired) electrons. The molecule has 0 aromatic heterocycles. The lowest BCUT2D eigenvalue weighted by Gasteiger charge is -2.16. The fraction of sp³-hybridized carbons (Fsp3) is 0.364. The smallest absolute Gasteiger partial charge is 0.211 e. The molecule has 0 saturated heterocycles. The fourth-order valence-electron chi connectivity index (χ4n) is 1.80. The molecule has 0 unspecified atom stereocenters. The van der Waals surface area contributed by atoms with Gasteiger partial charge in [-0.05, 0) is 36.6 Å². The minimum atomic E-state index is -4.59. The van der Waals surface area contributed by atoms with Crippen molar-refractivity contribution >= 4 is 6.08 Å². The van der Waals surface area contributed by atoms with Gasteiger partial charge in [0.15, 0.2) is 0 Å². The highest BCUT2D eigenvalue weighted by Gasteiger charge is 2.50. The Balaban J connectivity index is 2.60. The van der Waals surface area contributed by atoms with Crippen molar-refractivity contribution in [2.75, 3.05) is 0 Å². The van der Waals surface area contributed by atoms with Gasteiger partial charge in [-0.2, -0.15) is 18.2 Å². The molecule has 1 aromatic rings. The van der Waals surface area contributed by atoms with Crippen molar-refractivity contribution in [2.45, 2.75) is 24.6 Å². The lowest BCUT2D eigenvalue weighted by atomic mass is 9.98. The lowest BCUT2D eigenvalue weighted by molar-refractivity contribution is -0.138. The predicted octanol–water partition coefficient (Wildman–Crippen LogP) is 3.17. The van der Waals surface area contributed by atoms with E-state index in [9.17, 15) is 22.4 Å². The van der Waals surface area contributed by atoms with Crippen LogP contribution in [0.15, 0.2) is 23.2 Å². The zero-order valence-corrected chi connectivity index (χ0v) is 8.51. The highest BCUT2D eigenvalue weighted by molar-refractivity contribution is 5.45. The first-order valence-electron chi connectivity index (χ1n) is 4.85.